The number of benzene rings is 3. The molecule has 0 aliphatic heterocycles. The van der Waals surface area contributed by atoms with Crippen molar-refractivity contribution >= 4 is 27.5 Å². The van der Waals surface area contributed by atoms with Gasteiger partial charge in [0.1, 0.15) is 4.90 Å². The third-order valence-corrected chi connectivity index (χ3v) is 5.76. The van der Waals surface area contributed by atoms with Gasteiger partial charge in [0.05, 0.1) is 11.1 Å². The summed E-state index contributed by atoms with van der Waals surface area (Å²) < 4.78 is 23.2. The molecule has 0 aliphatic carbocycles. The van der Waals surface area contributed by atoms with E-state index in [9.17, 15) is 13.2 Å². The number of carbonyl (C=O) groups is 1. The van der Waals surface area contributed by atoms with Crippen LogP contribution in [-0.4, -0.2) is 14.3 Å². The normalized spacial score (nSPS) is 12.4. The molecule has 1 amide bonds. The standard InChI is InChI=1S/C21H19ClN2O3S/c1-14(15-7-9-17(10-8-15)16-5-3-2-4-6-16)24-21(25)18-11-12-19(22)20(13-18)28(23,26)27/h2-14H,1H3,(H,24,25)(H2,23,26,27)/t14-/m0/s1. The van der Waals surface area contributed by atoms with Gasteiger partial charge in [-0.2, -0.15) is 0 Å². The number of hydrogen-bond acceptors (Lipinski definition) is 3. The van der Waals surface area contributed by atoms with Gasteiger partial charge >= 0.3 is 0 Å². The number of sulfonamides is 1. The van der Waals surface area contributed by atoms with Gasteiger partial charge in [-0.25, -0.2) is 13.6 Å². The monoisotopic (exact) mass is 414 g/mol. The zero-order valence-corrected chi connectivity index (χ0v) is 16.7. The number of nitrogens with one attached hydrogen (secondary N) is 1. The fraction of sp³-hybridized carbons (Fsp3) is 0.0952. The zero-order chi connectivity index (χ0) is 20.3. The minimum Gasteiger partial charge on any atom is -0.346 e. The zero-order valence-electron chi connectivity index (χ0n) is 15.1. The van der Waals surface area contributed by atoms with Gasteiger partial charge in [0.2, 0.25) is 10.0 Å². The van der Waals surface area contributed by atoms with Gasteiger partial charge in [0, 0.05) is 5.56 Å². The van der Waals surface area contributed by atoms with Gasteiger partial charge in [-0.1, -0.05) is 66.2 Å². The van der Waals surface area contributed by atoms with Crippen molar-refractivity contribution in [1.29, 1.82) is 0 Å². The summed E-state index contributed by atoms with van der Waals surface area (Å²) in [5.74, 6) is -0.416. The molecule has 144 valence electrons. The van der Waals surface area contributed by atoms with E-state index in [1.807, 2.05) is 61.5 Å². The molecule has 28 heavy (non-hydrogen) atoms. The quantitative estimate of drug-likeness (QED) is 0.657. The molecule has 0 saturated heterocycles. The molecule has 0 fully saturated rings. The van der Waals surface area contributed by atoms with E-state index in [1.54, 1.807) is 0 Å². The summed E-state index contributed by atoms with van der Waals surface area (Å²) in [6.07, 6.45) is 0. The minimum absolute atomic E-state index is 0.0244. The second kappa shape index (κ2) is 8.14. The Kier molecular flexibility index (Phi) is 5.84. The van der Waals surface area contributed by atoms with Crippen LogP contribution in [0.15, 0.2) is 77.7 Å². The van der Waals surface area contributed by atoms with Crippen molar-refractivity contribution < 1.29 is 13.2 Å². The number of nitrogens with two attached hydrogens (primary N) is 1. The number of hydrogen-bond donors (Lipinski definition) is 2. The predicted octanol–water partition coefficient (Wildman–Crippen LogP) is 4.15. The maximum atomic E-state index is 12.5. The lowest BCUT2D eigenvalue weighted by atomic mass is 10.0. The van der Waals surface area contributed by atoms with Gasteiger partial charge in [-0.3, -0.25) is 4.79 Å². The topological polar surface area (TPSA) is 89.3 Å². The van der Waals surface area contributed by atoms with E-state index in [0.717, 1.165) is 16.7 Å². The summed E-state index contributed by atoms with van der Waals surface area (Å²) in [6.45, 7) is 1.85. The molecule has 0 heterocycles. The SMILES string of the molecule is C[C@H](NC(=O)c1ccc(Cl)c(S(N)(=O)=O)c1)c1ccc(-c2ccccc2)cc1. The Morgan fingerprint density at radius 3 is 2.18 bits per heavy atom. The van der Waals surface area contributed by atoms with Crippen LogP contribution < -0.4 is 10.5 Å². The summed E-state index contributed by atoms with van der Waals surface area (Å²) in [6, 6.07) is 21.6. The van der Waals surface area contributed by atoms with Crippen molar-refractivity contribution in [3.05, 3.63) is 88.9 Å². The summed E-state index contributed by atoms with van der Waals surface area (Å²) in [5.41, 5.74) is 3.29. The summed E-state index contributed by atoms with van der Waals surface area (Å²) in [4.78, 5) is 12.2. The summed E-state index contributed by atoms with van der Waals surface area (Å²) in [5, 5.41) is 7.96. The Hall–Kier alpha value is -2.67. The number of rotatable bonds is 5. The Labute approximate surface area is 169 Å². The van der Waals surface area contributed by atoms with Gasteiger partial charge in [0.25, 0.3) is 5.91 Å². The van der Waals surface area contributed by atoms with E-state index in [1.165, 1.54) is 18.2 Å². The van der Waals surface area contributed by atoms with Gasteiger partial charge < -0.3 is 5.32 Å². The molecule has 3 rings (SSSR count). The van der Waals surface area contributed by atoms with E-state index < -0.39 is 15.9 Å². The summed E-state index contributed by atoms with van der Waals surface area (Å²) in [7, 11) is -4.01. The largest absolute Gasteiger partial charge is 0.346 e. The van der Waals surface area contributed by atoms with Crippen molar-refractivity contribution in [2.75, 3.05) is 0 Å². The second-order valence-electron chi connectivity index (χ2n) is 6.37. The highest BCUT2D eigenvalue weighted by Crippen LogP contribution is 2.24. The molecular weight excluding hydrogens is 396 g/mol. The lowest BCUT2D eigenvalue weighted by molar-refractivity contribution is 0.0939. The maximum Gasteiger partial charge on any atom is 0.251 e. The molecule has 0 bridgehead atoms. The number of carbonyl (C=O) groups excluding carboxylic acids is 1. The van der Waals surface area contributed by atoms with Crippen molar-refractivity contribution in [2.24, 2.45) is 5.14 Å². The predicted molar refractivity (Wildman–Crippen MR) is 111 cm³/mol. The Balaban J connectivity index is 1.76. The summed E-state index contributed by atoms with van der Waals surface area (Å²) >= 11 is 5.86. The highest BCUT2D eigenvalue weighted by Gasteiger charge is 2.18. The maximum absolute atomic E-state index is 12.5. The smallest absolute Gasteiger partial charge is 0.251 e. The Morgan fingerprint density at radius 2 is 1.57 bits per heavy atom. The fourth-order valence-electron chi connectivity index (χ4n) is 2.82. The first-order chi connectivity index (χ1) is 13.3. The van der Waals surface area contributed by atoms with Crippen LogP contribution >= 0.6 is 11.6 Å². The number of primary sulfonamides is 1. The first-order valence-electron chi connectivity index (χ1n) is 8.54. The van der Waals surface area contributed by atoms with Crippen molar-refractivity contribution in [2.45, 2.75) is 17.9 Å². The van der Waals surface area contributed by atoms with Crippen LogP contribution in [0.2, 0.25) is 5.02 Å². The Morgan fingerprint density at radius 1 is 0.964 bits per heavy atom. The van der Waals surface area contributed by atoms with Gasteiger partial charge in [0.15, 0.2) is 0 Å². The average Bonchev–Trinajstić information content (AvgIpc) is 2.68. The first-order valence-corrected chi connectivity index (χ1v) is 10.5. The van der Waals surface area contributed by atoms with E-state index in [2.05, 4.69) is 5.32 Å². The molecule has 3 N–H and O–H groups in total. The number of halogens is 1. The fourth-order valence-corrected chi connectivity index (χ4v) is 3.89. The van der Waals surface area contributed by atoms with Gasteiger partial charge in [-0.15, -0.1) is 0 Å². The molecular formula is C21H19ClN2O3S. The molecule has 0 unspecified atom stereocenters. The van der Waals surface area contributed by atoms with E-state index in [0.29, 0.717) is 0 Å². The van der Waals surface area contributed by atoms with Crippen LogP contribution in [-0.2, 0) is 10.0 Å². The lowest BCUT2D eigenvalue weighted by Gasteiger charge is -2.15. The average molecular weight is 415 g/mol. The first kappa shape index (κ1) is 20.1. The third-order valence-electron chi connectivity index (χ3n) is 4.37. The van der Waals surface area contributed by atoms with E-state index >= 15 is 0 Å². The van der Waals surface area contributed by atoms with Crippen molar-refractivity contribution in [3.8, 4) is 11.1 Å². The molecule has 7 heteroatoms. The second-order valence-corrected chi connectivity index (χ2v) is 8.31. The lowest BCUT2D eigenvalue weighted by Crippen LogP contribution is -2.27. The van der Waals surface area contributed by atoms with Crippen LogP contribution in [0.1, 0.15) is 28.9 Å². The van der Waals surface area contributed by atoms with E-state index in [4.69, 9.17) is 16.7 Å². The molecule has 0 spiro atoms. The molecule has 1 atom stereocenters. The Bertz CT molecular complexity index is 1100. The molecule has 3 aromatic carbocycles. The third kappa shape index (κ3) is 4.59. The van der Waals surface area contributed by atoms with Crippen LogP contribution in [0.3, 0.4) is 0 Å². The minimum atomic E-state index is -4.01. The van der Waals surface area contributed by atoms with Crippen molar-refractivity contribution in [1.82, 2.24) is 5.32 Å². The number of amides is 1. The van der Waals surface area contributed by atoms with E-state index in [-0.39, 0.29) is 21.5 Å². The highest BCUT2D eigenvalue weighted by atomic mass is 35.5. The van der Waals surface area contributed by atoms with Crippen LogP contribution in [0.5, 0.6) is 0 Å². The molecule has 0 aromatic heterocycles. The van der Waals surface area contributed by atoms with Crippen molar-refractivity contribution in [3.63, 3.8) is 0 Å². The van der Waals surface area contributed by atoms with Crippen LogP contribution in [0.4, 0.5) is 0 Å². The van der Waals surface area contributed by atoms with Gasteiger partial charge in [-0.05, 0) is 41.8 Å². The van der Waals surface area contributed by atoms with Crippen LogP contribution in [0.25, 0.3) is 11.1 Å². The molecule has 3 aromatic rings. The van der Waals surface area contributed by atoms with Crippen LogP contribution in [0, 0.1) is 0 Å². The molecule has 5 nitrogen and oxygen atoms in total. The molecule has 0 aliphatic rings. The highest BCUT2D eigenvalue weighted by molar-refractivity contribution is 7.89. The molecule has 0 radical (unpaired) electrons. The molecule has 0 saturated carbocycles.